The fourth-order valence-corrected chi connectivity index (χ4v) is 4.46. The van der Waals surface area contributed by atoms with Gasteiger partial charge in [0.2, 0.25) is 0 Å². The van der Waals surface area contributed by atoms with Crippen molar-refractivity contribution in [3.63, 3.8) is 0 Å². The summed E-state index contributed by atoms with van der Waals surface area (Å²) in [6.45, 7) is 8.31. The maximum absolute atomic E-state index is 11.4. The molecule has 0 saturated heterocycles. The van der Waals surface area contributed by atoms with Crippen molar-refractivity contribution in [3.05, 3.63) is 89.5 Å². The van der Waals surface area contributed by atoms with Crippen molar-refractivity contribution in [2.75, 3.05) is 13.2 Å². The fourth-order valence-electron chi connectivity index (χ4n) is 4.46. The molecule has 0 fully saturated rings. The molecule has 0 N–H and O–H groups in total. The molecule has 0 saturated carbocycles. The third-order valence-electron chi connectivity index (χ3n) is 6.34. The van der Waals surface area contributed by atoms with Gasteiger partial charge in [0.25, 0.3) is 0 Å². The minimum atomic E-state index is -0.353. The van der Waals surface area contributed by atoms with E-state index in [1.807, 2.05) is 12.1 Å². The number of carbonyl (C=O) groups is 1. The van der Waals surface area contributed by atoms with Gasteiger partial charge in [-0.25, -0.2) is 4.79 Å². The molecule has 0 aromatic heterocycles. The van der Waals surface area contributed by atoms with Crippen molar-refractivity contribution in [2.24, 2.45) is 0 Å². The summed E-state index contributed by atoms with van der Waals surface area (Å²) in [6, 6.07) is 22.1. The van der Waals surface area contributed by atoms with Gasteiger partial charge in [0.1, 0.15) is 5.75 Å². The third kappa shape index (κ3) is 5.77. The Morgan fingerprint density at radius 3 is 2.29 bits per heavy atom. The maximum Gasteiger partial charge on any atom is 0.333 e. The van der Waals surface area contributed by atoms with E-state index in [2.05, 4.69) is 62.0 Å². The summed E-state index contributed by atoms with van der Waals surface area (Å²) in [5, 5.41) is 0. The lowest BCUT2D eigenvalue weighted by molar-refractivity contribution is -0.139. The van der Waals surface area contributed by atoms with Gasteiger partial charge < -0.3 is 9.47 Å². The van der Waals surface area contributed by atoms with Crippen LogP contribution in [0.15, 0.2) is 72.8 Å². The topological polar surface area (TPSA) is 35.5 Å². The van der Waals surface area contributed by atoms with Crippen molar-refractivity contribution in [3.8, 4) is 28.0 Å². The fraction of sp³-hybridized carbons (Fsp3) is 0.323. The molecule has 0 amide bonds. The normalized spacial score (nSPS) is 11.6. The Morgan fingerprint density at radius 2 is 1.56 bits per heavy atom. The first kappa shape index (κ1) is 23.8. The molecule has 1 aliphatic carbocycles. The standard InChI is InChI=1S/C31H34O3/c1-4-5-6-8-23-9-15-29-26(19-23)21-27-20-25(12-16-30(27)29)24-10-13-28(14-11-24)33-17-7-18-34-31(32)22(2)3/h9-16,19-20H,2,4-8,17-18,21H2,1,3H3. The quantitative estimate of drug-likeness (QED) is 0.133. The molecule has 0 bridgehead atoms. The molecular weight excluding hydrogens is 420 g/mol. The van der Waals surface area contributed by atoms with Crippen molar-refractivity contribution in [1.82, 2.24) is 0 Å². The molecule has 176 valence electrons. The van der Waals surface area contributed by atoms with Crippen LogP contribution < -0.4 is 4.74 Å². The Balaban J connectivity index is 1.34. The highest BCUT2D eigenvalue weighted by atomic mass is 16.5. The van der Waals surface area contributed by atoms with Gasteiger partial charge in [-0.05, 0) is 77.3 Å². The van der Waals surface area contributed by atoms with Crippen LogP contribution in [-0.2, 0) is 22.4 Å². The van der Waals surface area contributed by atoms with E-state index in [0.717, 1.165) is 12.2 Å². The van der Waals surface area contributed by atoms with Crippen LogP contribution in [0.2, 0.25) is 0 Å². The number of hydrogen-bond acceptors (Lipinski definition) is 3. The van der Waals surface area contributed by atoms with E-state index < -0.39 is 0 Å². The first-order valence-corrected chi connectivity index (χ1v) is 12.4. The lowest BCUT2D eigenvalue weighted by Crippen LogP contribution is -2.09. The smallest absolute Gasteiger partial charge is 0.333 e. The molecule has 0 aliphatic heterocycles. The van der Waals surface area contributed by atoms with Gasteiger partial charge in [0.05, 0.1) is 13.2 Å². The molecule has 4 rings (SSSR count). The van der Waals surface area contributed by atoms with Gasteiger partial charge in [0.15, 0.2) is 0 Å². The van der Waals surface area contributed by atoms with Crippen molar-refractivity contribution < 1.29 is 14.3 Å². The van der Waals surface area contributed by atoms with E-state index in [0.29, 0.717) is 25.2 Å². The summed E-state index contributed by atoms with van der Waals surface area (Å²) >= 11 is 0. The first-order valence-electron chi connectivity index (χ1n) is 12.4. The number of fused-ring (bicyclic) bond motifs is 3. The Morgan fingerprint density at radius 1 is 0.853 bits per heavy atom. The van der Waals surface area contributed by atoms with E-state index in [-0.39, 0.29) is 5.97 Å². The number of unbranched alkanes of at least 4 members (excludes halogenated alkanes) is 2. The summed E-state index contributed by atoms with van der Waals surface area (Å²) in [5.41, 5.74) is 9.91. The number of hydrogen-bond donors (Lipinski definition) is 0. The SMILES string of the molecule is C=C(C)C(=O)OCCCOc1ccc(-c2ccc3c(c2)Cc2cc(CCCCC)ccc2-3)cc1. The van der Waals surface area contributed by atoms with Crippen LogP contribution in [-0.4, -0.2) is 19.2 Å². The Hall–Kier alpha value is -3.33. The van der Waals surface area contributed by atoms with Crippen LogP contribution in [0.3, 0.4) is 0 Å². The summed E-state index contributed by atoms with van der Waals surface area (Å²) < 4.78 is 10.9. The number of benzene rings is 3. The van der Waals surface area contributed by atoms with Gasteiger partial charge in [0, 0.05) is 12.0 Å². The predicted molar refractivity (Wildman–Crippen MR) is 139 cm³/mol. The molecule has 0 spiro atoms. The largest absolute Gasteiger partial charge is 0.493 e. The highest BCUT2D eigenvalue weighted by Crippen LogP contribution is 2.39. The summed E-state index contributed by atoms with van der Waals surface area (Å²) in [5.74, 6) is 0.466. The van der Waals surface area contributed by atoms with Gasteiger partial charge in [-0.15, -0.1) is 0 Å². The highest BCUT2D eigenvalue weighted by molar-refractivity contribution is 5.86. The second-order valence-corrected chi connectivity index (χ2v) is 9.14. The van der Waals surface area contributed by atoms with Crippen LogP contribution in [0.1, 0.15) is 56.2 Å². The van der Waals surface area contributed by atoms with Gasteiger partial charge >= 0.3 is 5.97 Å². The maximum atomic E-state index is 11.4. The number of rotatable bonds is 11. The minimum absolute atomic E-state index is 0.335. The third-order valence-corrected chi connectivity index (χ3v) is 6.34. The van der Waals surface area contributed by atoms with E-state index in [1.54, 1.807) is 6.92 Å². The summed E-state index contributed by atoms with van der Waals surface area (Å²) in [4.78, 5) is 11.4. The van der Waals surface area contributed by atoms with Crippen LogP contribution in [0, 0.1) is 0 Å². The number of aryl methyl sites for hydroxylation is 1. The minimum Gasteiger partial charge on any atom is -0.493 e. The van der Waals surface area contributed by atoms with E-state index in [1.165, 1.54) is 64.6 Å². The zero-order chi connectivity index (χ0) is 23.9. The van der Waals surface area contributed by atoms with E-state index in [4.69, 9.17) is 9.47 Å². The lowest BCUT2D eigenvalue weighted by Gasteiger charge is -2.09. The molecule has 0 atom stereocenters. The number of ether oxygens (including phenoxy) is 2. The van der Waals surface area contributed by atoms with Gasteiger partial charge in [-0.3, -0.25) is 0 Å². The van der Waals surface area contributed by atoms with Crippen LogP contribution >= 0.6 is 0 Å². The Bertz CT molecular complexity index is 1160. The van der Waals surface area contributed by atoms with Gasteiger partial charge in [-0.1, -0.05) is 74.9 Å². The Labute approximate surface area is 203 Å². The molecule has 3 heteroatoms. The highest BCUT2D eigenvalue weighted by Gasteiger charge is 2.19. The van der Waals surface area contributed by atoms with Crippen LogP contribution in [0.4, 0.5) is 0 Å². The van der Waals surface area contributed by atoms with Crippen molar-refractivity contribution in [2.45, 2.75) is 52.4 Å². The average molecular weight is 455 g/mol. The molecule has 0 radical (unpaired) electrons. The molecular formula is C31H34O3. The molecule has 3 aromatic carbocycles. The van der Waals surface area contributed by atoms with Crippen molar-refractivity contribution >= 4 is 5.97 Å². The molecule has 0 heterocycles. The second-order valence-electron chi connectivity index (χ2n) is 9.14. The average Bonchev–Trinajstić information content (AvgIpc) is 3.21. The monoisotopic (exact) mass is 454 g/mol. The Kier molecular flexibility index (Phi) is 7.84. The number of esters is 1. The number of carbonyl (C=O) groups excluding carboxylic acids is 1. The molecule has 34 heavy (non-hydrogen) atoms. The zero-order valence-corrected chi connectivity index (χ0v) is 20.4. The molecule has 1 aliphatic rings. The van der Waals surface area contributed by atoms with Crippen LogP contribution in [0.25, 0.3) is 22.3 Å². The molecule has 3 nitrogen and oxygen atoms in total. The summed E-state index contributed by atoms with van der Waals surface area (Å²) in [6.07, 6.45) is 6.67. The van der Waals surface area contributed by atoms with E-state index in [9.17, 15) is 4.79 Å². The van der Waals surface area contributed by atoms with Crippen molar-refractivity contribution in [1.29, 1.82) is 0 Å². The van der Waals surface area contributed by atoms with Crippen LogP contribution in [0.5, 0.6) is 5.75 Å². The molecule has 0 unspecified atom stereocenters. The second kappa shape index (κ2) is 11.2. The lowest BCUT2D eigenvalue weighted by atomic mass is 9.98. The summed E-state index contributed by atoms with van der Waals surface area (Å²) in [7, 11) is 0. The predicted octanol–water partition coefficient (Wildman–Crippen LogP) is 7.55. The zero-order valence-electron chi connectivity index (χ0n) is 20.4. The van der Waals surface area contributed by atoms with E-state index >= 15 is 0 Å². The van der Waals surface area contributed by atoms with Gasteiger partial charge in [-0.2, -0.15) is 0 Å². The molecule has 3 aromatic rings. The first-order chi connectivity index (χ1) is 16.5.